The zero-order valence-electron chi connectivity index (χ0n) is 12.2. The maximum absolute atomic E-state index is 12.5. The third-order valence-electron chi connectivity index (χ3n) is 3.50. The Morgan fingerprint density at radius 1 is 1.35 bits per heavy atom. The number of nitrogens with two attached hydrogens (primary N) is 1. The van der Waals surface area contributed by atoms with Gasteiger partial charge in [0.15, 0.2) is 0 Å². The zero-order chi connectivity index (χ0) is 14.5. The van der Waals surface area contributed by atoms with E-state index in [9.17, 15) is 4.79 Å². The van der Waals surface area contributed by atoms with Crippen LogP contribution in [0.4, 0.5) is 0 Å². The van der Waals surface area contributed by atoms with Crippen LogP contribution in [0.3, 0.4) is 0 Å². The predicted molar refractivity (Wildman–Crippen MR) is 81.3 cm³/mol. The Balaban J connectivity index is 2.09. The molecule has 0 aliphatic heterocycles. The fourth-order valence-electron chi connectivity index (χ4n) is 2.12. The lowest BCUT2D eigenvalue weighted by Gasteiger charge is -2.27. The molecule has 3 heteroatoms. The molecule has 1 amide bonds. The van der Waals surface area contributed by atoms with Crippen molar-refractivity contribution in [2.24, 2.45) is 11.7 Å². The molecule has 0 atom stereocenters. The molecule has 1 aromatic rings. The number of amides is 1. The molecule has 1 aromatic carbocycles. The van der Waals surface area contributed by atoms with Crippen LogP contribution >= 0.6 is 0 Å². The largest absolute Gasteiger partial charge is 0.336 e. The molecule has 2 rings (SSSR count). The van der Waals surface area contributed by atoms with Crippen LogP contribution in [0, 0.1) is 17.8 Å². The van der Waals surface area contributed by atoms with E-state index in [2.05, 4.69) is 25.7 Å². The van der Waals surface area contributed by atoms with Crippen molar-refractivity contribution in [3.05, 3.63) is 35.4 Å². The summed E-state index contributed by atoms with van der Waals surface area (Å²) in [6, 6.07) is 7.70. The summed E-state index contributed by atoms with van der Waals surface area (Å²) in [4.78, 5) is 14.5. The first kappa shape index (κ1) is 14.6. The lowest BCUT2D eigenvalue weighted by molar-refractivity contribution is 0.0696. The predicted octanol–water partition coefficient (Wildman–Crippen LogP) is 2.26. The van der Waals surface area contributed by atoms with E-state index in [1.807, 2.05) is 29.2 Å². The first-order valence-electron chi connectivity index (χ1n) is 7.21. The van der Waals surface area contributed by atoms with Gasteiger partial charge in [-0.15, -0.1) is 0 Å². The summed E-state index contributed by atoms with van der Waals surface area (Å²) in [5.41, 5.74) is 6.97. The monoisotopic (exact) mass is 270 g/mol. The average molecular weight is 270 g/mol. The van der Waals surface area contributed by atoms with Gasteiger partial charge in [0.05, 0.1) is 6.54 Å². The van der Waals surface area contributed by atoms with Crippen LogP contribution < -0.4 is 5.73 Å². The van der Waals surface area contributed by atoms with Crippen molar-refractivity contribution in [3.63, 3.8) is 0 Å². The fourth-order valence-corrected chi connectivity index (χ4v) is 2.12. The Morgan fingerprint density at radius 3 is 2.50 bits per heavy atom. The summed E-state index contributed by atoms with van der Waals surface area (Å²) in [7, 11) is 0. The van der Waals surface area contributed by atoms with Crippen molar-refractivity contribution in [3.8, 4) is 11.8 Å². The number of benzene rings is 1. The molecule has 0 bridgehead atoms. The van der Waals surface area contributed by atoms with Crippen molar-refractivity contribution < 1.29 is 4.79 Å². The number of hydrogen-bond donors (Lipinski definition) is 1. The first-order chi connectivity index (χ1) is 9.61. The quantitative estimate of drug-likeness (QED) is 0.853. The van der Waals surface area contributed by atoms with Crippen molar-refractivity contribution in [2.75, 3.05) is 13.1 Å². The normalized spacial score (nSPS) is 13.8. The number of carbonyl (C=O) groups excluding carboxylic acids is 1. The molecule has 1 fully saturated rings. The third-order valence-corrected chi connectivity index (χ3v) is 3.50. The molecule has 1 aliphatic carbocycles. The highest BCUT2D eigenvalue weighted by atomic mass is 16.2. The summed E-state index contributed by atoms with van der Waals surface area (Å²) < 4.78 is 0. The Hall–Kier alpha value is -1.79. The van der Waals surface area contributed by atoms with E-state index >= 15 is 0 Å². The molecule has 2 N–H and O–H groups in total. The second kappa shape index (κ2) is 6.58. The summed E-state index contributed by atoms with van der Waals surface area (Å²) >= 11 is 0. The highest BCUT2D eigenvalue weighted by molar-refractivity contribution is 5.94. The van der Waals surface area contributed by atoms with Gasteiger partial charge in [-0.1, -0.05) is 11.8 Å². The highest BCUT2D eigenvalue weighted by Gasteiger charge is 2.28. The van der Waals surface area contributed by atoms with E-state index in [0.29, 0.717) is 12.5 Å². The second-order valence-corrected chi connectivity index (χ2v) is 5.58. The van der Waals surface area contributed by atoms with E-state index in [1.165, 1.54) is 12.8 Å². The number of hydrogen-bond acceptors (Lipinski definition) is 2. The maximum Gasteiger partial charge on any atom is 0.254 e. The van der Waals surface area contributed by atoms with Gasteiger partial charge in [0.1, 0.15) is 0 Å². The van der Waals surface area contributed by atoms with Gasteiger partial charge in [-0.25, -0.2) is 0 Å². The first-order valence-corrected chi connectivity index (χ1v) is 7.21. The maximum atomic E-state index is 12.5. The molecule has 0 heterocycles. The van der Waals surface area contributed by atoms with Gasteiger partial charge in [-0.05, 0) is 56.9 Å². The summed E-state index contributed by atoms with van der Waals surface area (Å²) in [5, 5.41) is 0. The van der Waals surface area contributed by atoms with Gasteiger partial charge >= 0.3 is 0 Å². The van der Waals surface area contributed by atoms with Gasteiger partial charge in [0, 0.05) is 23.7 Å². The standard InChI is InChI=1S/C17H22N2O/c1-13(2)19(12-15-5-6-15)17(20)16-9-7-14(8-10-16)4-3-11-18/h7-10,13,15H,5-6,11-12,18H2,1-2H3. The summed E-state index contributed by atoms with van der Waals surface area (Å²) in [6.45, 7) is 5.37. The van der Waals surface area contributed by atoms with Crippen molar-refractivity contribution in [1.82, 2.24) is 4.90 Å². The van der Waals surface area contributed by atoms with Crippen LogP contribution in [-0.2, 0) is 0 Å². The molecule has 20 heavy (non-hydrogen) atoms. The molecule has 0 saturated heterocycles. The van der Waals surface area contributed by atoms with E-state index in [4.69, 9.17) is 5.73 Å². The summed E-state index contributed by atoms with van der Waals surface area (Å²) in [5.74, 6) is 6.60. The molecule has 0 unspecified atom stereocenters. The van der Waals surface area contributed by atoms with Crippen LogP contribution in [0.5, 0.6) is 0 Å². The van der Waals surface area contributed by atoms with Crippen LogP contribution in [-0.4, -0.2) is 29.9 Å². The minimum Gasteiger partial charge on any atom is -0.336 e. The Morgan fingerprint density at radius 2 is 2.00 bits per heavy atom. The molecule has 1 aliphatic rings. The van der Waals surface area contributed by atoms with Gasteiger partial charge < -0.3 is 10.6 Å². The molecule has 1 saturated carbocycles. The van der Waals surface area contributed by atoms with Gasteiger partial charge in [0.25, 0.3) is 5.91 Å². The topological polar surface area (TPSA) is 46.3 Å². The molecule has 0 aromatic heterocycles. The Bertz CT molecular complexity index is 518. The van der Waals surface area contributed by atoms with E-state index in [1.54, 1.807) is 0 Å². The fraction of sp³-hybridized carbons (Fsp3) is 0.471. The molecule has 0 spiro atoms. The smallest absolute Gasteiger partial charge is 0.254 e. The van der Waals surface area contributed by atoms with Crippen molar-refractivity contribution in [1.29, 1.82) is 0 Å². The third kappa shape index (κ3) is 3.85. The number of carbonyl (C=O) groups is 1. The van der Waals surface area contributed by atoms with Gasteiger partial charge in [-0.2, -0.15) is 0 Å². The Labute approximate surface area is 121 Å². The van der Waals surface area contributed by atoms with E-state index in [-0.39, 0.29) is 11.9 Å². The van der Waals surface area contributed by atoms with Crippen LogP contribution in [0.1, 0.15) is 42.6 Å². The molecular weight excluding hydrogens is 248 g/mol. The number of nitrogens with zero attached hydrogens (tertiary/aromatic N) is 1. The lowest BCUT2D eigenvalue weighted by atomic mass is 10.1. The van der Waals surface area contributed by atoms with Gasteiger partial charge in [-0.3, -0.25) is 4.79 Å². The van der Waals surface area contributed by atoms with Crippen molar-refractivity contribution >= 4 is 5.91 Å². The number of rotatable bonds is 4. The molecular formula is C17H22N2O. The van der Waals surface area contributed by atoms with Crippen LogP contribution in [0.25, 0.3) is 0 Å². The SMILES string of the molecule is CC(C)N(CC1CC1)C(=O)c1ccc(C#CCN)cc1. The average Bonchev–Trinajstić information content (AvgIpc) is 3.26. The second-order valence-electron chi connectivity index (χ2n) is 5.58. The van der Waals surface area contributed by atoms with Crippen molar-refractivity contribution in [2.45, 2.75) is 32.7 Å². The zero-order valence-corrected chi connectivity index (χ0v) is 12.2. The Kier molecular flexibility index (Phi) is 4.81. The molecule has 3 nitrogen and oxygen atoms in total. The summed E-state index contributed by atoms with van der Waals surface area (Å²) in [6.07, 6.45) is 2.51. The van der Waals surface area contributed by atoms with Crippen LogP contribution in [0.2, 0.25) is 0 Å². The minimum atomic E-state index is 0.116. The molecule has 0 radical (unpaired) electrons. The highest BCUT2D eigenvalue weighted by Crippen LogP contribution is 2.30. The van der Waals surface area contributed by atoms with E-state index < -0.39 is 0 Å². The van der Waals surface area contributed by atoms with Crippen LogP contribution in [0.15, 0.2) is 24.3 Å². The minimum absolute atomic E-state index is 0.116. The molecule has 106 valence electrons. The van der Waals surface area contributed by atoms with E-state index in [0.717, 1.165) is 17.7 Å². The lowest BCUT2D eigenvalue weighted by Crippen LogP contribution is -2.38. The van der Waals surface area contributed by atoms with Gasteiger partial charge in [0.2, 0.25) is 0 Å².